The minimum absolute atomic E-state index is 0.331. The van der Waals surface area contributed by atoms with Crippen LogP contribution in [0, 0.1) is 11.6 Å². The Balaban J connectivity index is 1.83. The number of hydrogen-bond donors (Lipinski definition) is 1. The molecular formula is C15H10BrF2NO4. The molecular weight excluding hydrogens is 376 g/mol. The van der Waals surface area contributed by atoms with Crippen molar-refractivity contribution in [2.45, 2.75) is 0 Å². The highest BCUT2D eigenvalue weighted by Gasteiger charge is 2.10. The third-order valence-electron chi connectivity index (χ3n) is 2.53. The van der Waals surface area contributed by atoms with Gasteiger partial charge in [0.05, 0.1) is 5.69 Å². The summed E-state index contributed by atoms with van der Waals surface area (Å²) in [5.41, 5.74) is -0.331. The minimum Gasteiger partial charge on any atom is -0.452 e. The Morgan fingerprint density at radius 1 is 1.26 bits per heavy atom. The van der Waals surface area contributed by atoms with E-state index in [4.69, 9.17) is 4.42 Å². The van der Waals surface area contributed by atoms with Gasteiger partial charge in [0.15, 0.2) is 11.3 Å². The largest absolute Gasteiger partial charge is 0.452 e. The number of rotatable bonds is 5. The van der Waals surface area contributed by atoms with Gasteiger partial charge >= 0.3 is 5.97 Å². The van der Waals surface area contributed by atoms with Crippen molar-refractivity contribution in [3.63, 3.8) is 0 Å². The highest BCUT2D eigenvalue weighted by Crippen LogP contribution is 2.16. The second kappa shape index (κ2) is 7.68. The topological polar surface area (TPSA) is 68.5 Å². The number of carbonyl (C=O) groups excluding carboxylic acids is 2. The van der Waals surface area contributed by atoms with E-state index in [0.717, 1.165) is 24.3 Å². The molecule has 0 saturated heterocycles. The fourth-order valence-electron chi connectivity index (χ4n) is 1.53. The van der Waals surface area contributed by atoms with Crippen LogP contribution >= 0.6 is 15.9 Å². The molecule has 0 bridgehead atoms. The number of amides is 1. The van der Waals surface area contributed by atoms with Gasteiger partial charge in [0.2, 0.25) is 0 Å². The second-order valence-corrected chi connectivity index (χ2v) is 5.04. The first-order valence-electron chi connectivity index (χ1n) is 6.29. The van der Waals surface area contributed by atoms with Crippen LogP contribution in [0.1, 0.15) is 5.76 Å². The van der Waals surface area contributed by atoms with Crippen LogP contribution in [0.5, 0.6) is 0 Å². The van der Waals surface area contributed by atoms with E-state index in [-0.39, 0.29) is 5.69 Å². The molecule has 0 atom stereocenters. The zero-order valence-corrected chi connectivity index (χ0v) is 13.1. The Bertz CT molecular complexity index is 758. The maximum atomic E-state index is 13.3. The predicted molar refractivity (Wildman–Crippen MR) is 81.4 cm³/mol. The standard InChI is InChI=1S/C15H10BrF2NO4/c16-13-5-2-10(23-13)3-6-15(21)22-8-14(20)19-12-7-9(17)1-4-11(12)18/h1-7H,8H2,(H,19,20). The molecule has 1 aromatic heterocycles. The maximum absolute atomic E-state index is 13.3. The Labute approximate surface area is 138 Å². The van der Waals surface area contributed by atoms with Gasteiger partial charge in [-0.1, -0.05) is 0 Å². The zero-order chi connectivity index (χ0) is 16.8. The van der Waals surface area contributed by atoms with Gasteiger partial charge in [-0.25, -0.2) is 13.6 Å². The van der Waals surface area contributed by atoms with Crippen LogP contribution in [-0.4, -0.2) is 18.5 Å². The molecule has 0 aliphatic carbocycles. The summed E-state index contributed by atoms with van der Waals surface area (Å²) in [6, 6.07) is 5.88. The zero-order valence-electron chi connectivity index (χ0n) is 11.5. The lowest BCUT2D eigenvalue weighted by Gasteiger charge is -2.06. The summed E-state index contributed by atoms with van der Waals surface area (Å²) in [5.74, 6) is -2.66. The van der Waals surface area contributed by atoms with Crippen LogP contribution in [0.25, 0.3) is 6.08 Å². The van der Waals surface area contributed by atoms with Crippen molar-refractivity contribution in [3.8, 4) is 0 Å². The van der Waals surface area contributed by atoms with Crippen LogP contribution in [0.2, 0.25) is 0 Å². The molecule has 2 rings (SSSR count). The molecule has 120 valence electrons. The molecule has 1 amide bonds. The number of anilines is 1. The second-order valence-electron chi connectivity index (χ2n) is 4.26. The number of hydrogen-bond acceptors (Lipinski definition) is 4. The number of benzene rings is 1. The van der Waals surface area contributed by atoms with E-state index in [1.165, 1.54) is 6.08 Å². The fraction of sp³-hybridized carbons (Fsp3) is 0.0667. The first kappa shape index (κ1) is 16.9. The Hall–Kier alpha value is -2.48. The van der Waals surface area contributed by atoms with Gasteiger partial charge < -0.3 is 14.5 Å². The van der Waals surface area contributed by atoms with Crippen molar-refractivity contribution in [3.05, 3.63) is 58.5 Å². The SMILES string of the molecule is O=C(COC(=O)C=Cc1ccc(Br)o1)Nc1cc(F)ccc1F. The molecule has 0 aliphatic rings. The summed E-state index contributed by atoms with van der Waals surface area (Å²) >= 11 is 3.10. The average molecular weight is 386 g/mol. The molecule has 1 N–H and O–H groups in total. The first-order valence-corrected chi connectivity index (χ1v) is 7.08. The van der Waals surface area contributed by atoms with Crippen LogP contribution in [0.4, 0.5) is 14.5 Å². The summed E-state index contributed by atoms with van der Waals surface area (Å²) in [4.78, 5) is 23.0. The van der Waals surface area contributed by atoms with E-state index in [0.29, 0.717) is 10.4 Å². The predicted octanol–water partition coefficient (Wildman–Crippen LogP) is 3.52. The average Bonchev–Trinajstić information content (AvgIpc) is 2.92. The van der Waals surface area contributed by atoms with Gasteiger partial charge in [0.1, 0.15) is 17.4 Å². The van der Waals surface area contributed by atoms with E-state index in [9.17, 15) is 18.4 Å². The molecule has 1 heterocycles. The molecule has 8 heteroatoms. The quantitative estimate of drug-likeness (QED) is 0.631. The highest BCUT2D eigenvalue weighted by atomic mass is 79.9. The summed E-state index contributed by atoms with van der Waals surface area (Å²) in [5, 5.41) is 2.10. The van der Waals surface area contributed by atoms with Crippen molar-refractivity contribution in [2.75, 3.05) is 11.9 Å². The molecule has 5 nitrogen and oxygen atoms in total. The smallest absolute Gasteiger partial charge is 0.331 e. The van der Waals surface area contributed by atoms with E-state index in [1.54, 1.807) is 12.1 Å². The van der Waals surface area contributed by atoms with Gasteiger partial charge in [-0.05, 0) is 46.3 Å². The normalized spacial score (nSPS) is 10.7. The van der Waals surface area contributed by atoms with Crippen LogP contribution in [-0.2, 0) is 14.3 Å². The van der Waals surface area contributed by atoms with Crippen molar-refractivity contribution in [1.82, 2.24) is 0 Å². The summed E-state index contributed by atoms with van der Waals surface area (Å²) in [7, 11) is 0. The maximum Gasteiger partial charge on any atom is 0.331 e. The van der Waals surface area contributed by atoms with Gasteiger partial charge in [-0.15, -0.1) is 0 Å². The molecule has 0 radical (unpaired) electrons. The highest BCUT2D eigenvalue weighted by molar-refractivity contribution is 9.10. The Kier molecular flexibility index (Phi) is 5.64. The molecule has 0 aliphatic heterocycles. The Morgan fingerprint density at radius 2 is 2.04 bits per heavy atom. The lowest BCUT2D eigenvalue weighted by molar-refractivity contribution is -0.142. The van der Waals surface area contributed by atoms with Gasteiger partial charge in [-0.3, -0.25) is 4.79 Å². The van der Waals surface area contributed by atoms with Crippen LogP contribution < -0.4 is 5.32 Å². The van der Waals surface area contributed by atoms with Gasteiger partial charge in [0.25, 0.3) is 5.91 Å². The summed E-state index contributed by atoms with van der Waals surface area (Å²) in [6.07, 6.45) is 2.43. The molecule has 0 saturated carbocycles. The van der Waals surface area contributed by atoms with Crippen molar-refractivity contribution < 1.29 is 27.5 Å². The molecule has 1 aromatic carbocycles. The number of halogens is 3. The first-order chi connectivity index (χ1) is 10.9. The number of furan rings is 1. The molecule has 0 spiro atoms. The third-order valence-corrected chi connectivity index (χ3v) is 2.95. The van der Waals surface area contributed by atoms with E-state index in [1.807, 2.05) is 0 Å². The number of ether oxygens (including phenoxy) is 1. The number of nitrogens with one attached hydrogen (secondary N) is 1. The van der Waals surface area contributed by atoms with E-state index < -0.39 is 30.1 Å². The van der Waals surface area contributed by atoms with E-state index >= 15 is 0 Å². The van der Waals surface area contributed by atoms with Crippen molar-refractivity contribution in [2.24, 2.45) is 0 Å². The lowest BCUT2D eigenvalue weighted by atomic mass is 10.3. The lowest BCUT2D eigenvalue weighted by Crippen LogP contribution is -2.20. The summed E-state index contributed by atoms with van der Waals surface area (Å²) < 4.78 is 36.6. The monoisotopic (exact) mass is 385 g/mol. The van der Waals surface area contributed by atoms with Crippen molar-refractivity contribution >= 4 is 39.6 Å². The van der Waals surface area contributed by atoms with Crippen LogP contribution in [0.15, 0.2) is 45.5 Å². The van der Waals surface area contributed by atoms with Crippen LogP contribution in [0.3, 0.4) is 0 Å². The van der Waals surface area contributed by atoms with Gasteiger partial charge in [-0.2, -0.15) is 0 Å². The minimum atomic E-state index is -0.797. The molecule has 23 heavy (non-hydrogen) atoms. The molecule has 0 fully saturated rings. The van der Waals surface area contributed by atoms with Gasteiger partial charge in [0, 0.05) is 12.1 Å². The van der Waals surface area contributed by atoms with E-state index in [2.05, 4.69) is 26.0 Å². The number of carbonyl (C=O) groups is 2. The molecule has 2 aromatic rings. The third kappa shape index (κ3) is 5.33. The summed E-state index contributed by atoms with van der Waals surface area (Å²) in [6.45, 7) is -0.638. The fourth-order valence-corrected chi connectivity index (χ4v) is 1.85. The molecule has 0 unspecified atom stereocenters. The van der Waals surface area contributed by atoms with Crippen molar-refractivity contribution in [1.29, 1.82) is 0 Å². The Morgan fingerprint density at radius 3 is 2.74 bits per heavy atom. The number of esters is 1.